The van der Waals surface area contributed by atoms with E-state index in [-0.39, 0.29) is 5.91 Å². The molecule has 0 unspecified atom stereocenters. The zero-order valence-corrected chi connectivity index (χ0v) is 12.2. The van der Waals surface area contributed by atoms with Gasteiger partial charge in [0.15, 0.2) is 0 Å². The first-order chi connectivity index (χ1) is 9.13. The number of methoxy groups -OCH3 is 1. The lowest BCUT2D eigenvalue weighted by atomic mass is 9.94. The second-order valence-electron chi connectivity index (χ2n) is 5.05. The smallest absolute Gasteiger partial charge is 0.257 e. The monoisotopic (exact) mass is 281 g/mol. The molecule has 0 atom stereocenters. The van der Waals surface area contributed by atoms with E-state index in [4.69, 9.17) is 16.3 Å². The van der Waals surface area contributed by atoms with Gasteiger partial charge in [-0.1, -0.05) is 30.9 Å². The molecule has 1 aromatic rings. The third-order valence-corrected chi connectivity index (χ3v) is 4.07. The van der Waals surface area contributed by atoms with Gasteiger partial charge in [-0.05, 0) is 31.0 Å². The fourth-order valence-corrected chi connectivity index (χ4v) is 2.84. The van der Waals surface area contributed by atoms with E-state index in [2.05, 4.69) is 0 Å². The van der Waals surface area contributed by atoms with Crippen molar-refractivity contribution in [2.45, 2.75) is 38.1 Å². The minimum absolute atomic E-state index is 0.00810. The van der Waals surface area contributed by atoms with Crippen molar-refractivity contribution in [2.75, 3.05) is 14.2 Å². The van der Waals surface area contributed by atoms with Gasteiger partial charge in [0.25, 0.3) is 5.91 Å². The van der Waals surface area contributed by atoms with Crippen LogP contribution in [0.5, 0.6) is 5.75 Å². The van der Waals surface area contributed by atoms with Crippen molar-refractivity contribution >= 4 is 17.5 Å². The Hall–Kier alpha value is -1.22. The maximum Gasteiger partial charge on any atom is 0.257 e. The molecule has 0 bridgehead atoms. The quantitative estimate of drug-likeness (QED) is 0.844. The molecule has 0 radical (unpaired) electrons. The molecule has 0 heterocycles. The summed E-state index contributed by atoms with van der Waals surface area (Å²) < 4.78 is 5.25. The van der Waals surface area contributed by atoms with E-state index in [9.17, 15) is 4.79 Å². The normalized spacial score (nSPS) is 16.2. The summed E-state index contributed by atoms with van der Waals surface area (Å²) in [6.45, 7) is 0. The second-order valence-corrected chi connectivity index (χ2v) is 5.49. The minimum Gasteiger partial charge on any atom is -0.496 e. The summed E-state index contributed by atoms with van der Waals surface area (Å²) in [4.78, 5) is 14.4. The van der Waals surface area contributed by atoms with E-state index in [1.807, 2.05) is 11.9 Å². The predicted octanol–water partition coefficient (Wildman–Crippen LogP) is 3.75. The Morgan fingerprint density at radius 2 is 2.00 bits per heavy atom. The van der Waals surface area contributed by atoms with Crippen LogP contribution < -0.4 is 4.74 Å². The molecule has 0 N–H and O–H groups in total. The highest BCUT2D eigenvalue weighted by molar-refractivity contribution is 6.31. The summed E-state index contributed by atoms with van der Waals surface area (Å²) in [5, 5.41) is 0.557. The van der Waals surface area contributed by atoms with Gasteiger partial charge in [-0.15, -0.1) is 0 Å². The standard InChI is InChI=1S/C15H20ClNO2/c1-17(12-6-4-3-5-7-12)15(18)13-10-11(16)8-9-14(13)19-2/h8-10,12H,3-7H2,1-2H3. The fraction of sp³-hybridized carbons (Fsp3) is 0.533. The molecule has 2 rings (SSSR count). The van der Waals surface area contributed by atoms with Crippen LogP contribution in [-0.4, -0.2) is 31.0 Å². The summed E-state index contributed by atoms with van der Waals surface area (Å²) in [5.74, 6) is 0.573. The maximum absolute atomic E-state index is 12.6. The van der Waals surface area contributed by atoms with Crippen molar-refractivity contribution in [3.8, 4) is 5.75 Å². The zero-order chi connectivity index (χ0) is 13.8. The average Bonchev–Trinajstić information content (AvgIpc) is 2.46. The number of carbonyl (C=O) groups is 1. The van der Waals surface area contributed by atoms with E-state index >= 15 is 0 Å². The highest BCUT2D eigenvalue weighted by Gasteiger charge is 2.25. The first-order valence-corrected chi connectivity index (χ1v) is 7.12. The third kappa shape index (κ3) is 3.21. The molecule has 1 aromatic carbocycles. The first kappa shape index (κ1) is 14.2. The van der Waals surface area contributed by atoms with Gasteiger partial charge in [0, 0.05) is 18.1 Å². The van der Waals surface area contributed by atoms with E-state index in [0.717, 1.165) is 12.8 Å². The number of halogens is 1. The molecule has 3 nitrogen and oxygen atoms in total. The summed E-state index contributed by atoms with van der Waals surface area (Å²) >= 11 is 5.98. The maximum atomic E-state index is 12.6. The van der Waals surface area contributed by atoms with Crippen LogP contribution in [0.1, 0.15) is 42.5 Å². The molecule has 0 spiro atoms. The average molecular weight is 282 g/mol. The SMILES string of the molecule is COc1ccc(Cl)cc1C(=O)N(C)C1CCCCC1. The van der Waals surface area contributed by atoms with Crippen molar-refractivity contribution in [3.05, 3.63) is 28.8 Å². The minimum atomic E-state index is -0.00810. The highest BCUT2D eigenvalue weighted by atomic mass is 35.5. The lowest BCUT2D eigenvalue weighted by Crippen LogP contribution is -2.38. The van der Waals surface area contributed by atoms with Gasteiger partial charge in [0.1, 0.15) is 5.75 Å². The molecule has 1 amide bonds. The molecular formula is C15H20ClNO2. The van der Waals surface area contributed by atoms with Gasteiger partial charge in [0.2, 0.25) is 0 Å². The summed E-state index contributed by atoms with van der Waals surface area (Å²) in [5.41, 5.74) is 0.545. The lowest BCUT2D eigenvalue weighted by Gasteiger charge is -2.31. The van der Waals surface area contributed by atoms with Crippen LogP contribution in [0.15, 0.2) is 18.2 Å². The van der Waals surface area contributed by atoms with Gasteiger partial charge in [0.05, 0.1) is 12.7 Å². The third-order valence-electron chi connectivity index (χ3n) is 3.83. The van der Waals surface area contributed by atoms with Crippen LogP contribution >= 0.6 is 11.6 Å². The van der Waals surface area contributed by atoms with Crippen LogP contribution in [-0.2, 0) is 0 Å². The Kier molecular flexibility index (Phi) is 4.70. The van der Waals surface area contributed by atoms with E-state index in [1.54, 1.807) is 25.3 Å². The number of hydrogen-bond acceptors (Lipinski definition) is 2. The van der Waals surface area contributed by atoms with E-state index in [0.29, 0.717) is 22.4 Å². The Balaban J connectivity index is 2.20. The molecule has 104 valence electrons. The Morgan fingerprint density at radius 1 is 1.32 bits per heavy atom. The fourth-order valence-electron chi connectivity index (χ4n) is 2.67. The first-order valence-electron chi connectivity index (χ1n) is 6.74. The van der Waals surface area contributed by atoms with Gasteiger partial charge in [-0.3, -0.25) is 4.79 Å². The Bertz CT molecular complexity index is 455. The molecule has 1 saturated carbocycles. The summed E-state index contributed by atoms with van der Waals surface area (Å²) in [7, 11) is 3.44. The summed E-state index contributed by atoms with van der Waals surface area (Å²) in [6.07, 6.45) is 5.86. The Morgan fingerprint density at radius 3 is 2.63 bits per heavy atom. The number of benzene rings is 1. The number of nitrogens with zero attached hydrogens (tertiary/aromatic N) is 1. The zero-order valence-electron chi connectivity index (χ0n) is 11.5. The van der Waals surface area contributed by atoms with Crippen molar-refractivity contribution in [3.63, 3.8) is 0 Å². The predicted molar refractivity (Wildman–Crippen MR) is 77.0 cm³/mol. The number of amides is 1. The largest absolute Gasteiger partial charge is 0.496 e. The Labute approximate surface area is 119 Å². The van der Waals surface area contributed by atoms with Crippen LogP contribution in [0.3, 0.4) is 0 Å². The van der Waals surface area contributed by atoms with Gasteiger partial charge in [-0.2, -0.15) is 0 Å². The van der Waals surface area contributed by atoms with Gasteiger partial charge >= 0.3 is 0 Å². The molecular weight excluding hydrogens is 262 g/mol. The second kappa shape index (κ2) is 6.29. The number of hydrogen-bond donors (Lipinski definition) is 0. The van der Waals surface area contributed by atoms with E-state index in [1.165, 1.54) is 19.3 Å². The van der Waals surface area contributed by atoms with Gasteiger partial charge < -0.3 is 9.64 Å². The molecule has 1 fully saturated rings. The molecule has 0 saturated heterocycles. The summed E-state index contributed by atoms with van der Waals surface area (Å²) in [6, 6.07) is 5.49. The van der Waals surface area contributed by atoms with Crippen LogP contribution in [0, 0.1) is 0 Å². The van der Waals surface area contributed by atoms with Crippen molar-refractivity contribution in [1.82, 2.24) is 4.90 Å². The number of carbonyl (C=O) groups excluding carboxylic acids is 1. The van der Waals surface area contributed by atoms with E-state index < -0.39 is 0 Å². The number of ether oxygens (including phenoxy) is 1. The van der Waals surface area contributed by atoms with Crippen molar-refractivity contribution in [1.29, 1.82) is 0 Å². The van der Waals surface area contributed by atoms with Crippen molar-refractivity contribution in [2.24, 2.45) is 0 Å². The van der Waals surface area contributed by atoms with Crippen LogP contribution in [0.2, 0.25) is 5.02 Å². The molecule has 0 aromatic heterocycles. The van der Waals surface area contributed by atoms with Crippen LogP contribution in [0.4, 0.5) is 0 Å². The molecule has 1 aliphatic carbocycles. The van der Waals surface area contributed by atoms with Crippen LogP contribution in [0.25, 0.3) is 0 Å². The number of rotatable bonds is 3. The van der Waals surface area contributed by atoms with Gasteiger partial charge in [-0.25, -0.2) is 0 Å². The molecule has 1 aliphatic rings. The molecule has 0 aliphatic heterocycles. The topological polar surface area (TPSA) is 29.5 Å². The highest BCUT2D eigenvalue weighted by Crippen LogP contribution is 2.27. The van der Waals surface area contributed by atoms with Crippen molar-refractivity contribution < 1.29 is 9.53 Å². The molecule has 19 heavy (non-hydrogen) atoms. The lowest BCUT2D eigenvalue weighted by molar-refractivity contribution is 0.0693. The molecule has 4 heteroatoms.